The highest BCUT2D eigenvalue weighted by atomic mass is 19.1. The molecule has 1 aliphatic rings. The standard InChI is InChI=1S/C25H32FN3O3/c1-4-9-23(30)29(5-2)20-12-13-22(21(26)18-20)27-14-16-28(17-15-27)24(25(31)32-3)19-10-7-6-8-11-19/h6-8,10-13,18,24H,4-5,9,14-17H2,1-3H3. The predicted octanol–water partition coefficient (Wildman–Crippen LogP) is 4.02. The lowest BCUT2D eigenvalue weighted by Gasteiger charge is -2.39. The average molecular weight is 442 g/mol. The molecule has 0 N–H and O–H groups in total. The number of nitrogens with zero attached hydrogens (tertiary/aromatic N) is 3. The summed E-state index contributed by atoms with van der Waals surface area (Å²) >= 11 is 0. The van der Waals surface area contributed by atoms with Crippen molar-refractivity contribution in [2.75, 3.05) is 49.6 Å². The molecule has 32 heavy (non-hydrogen) atoms. The maximum Gasteiger partial charge on any atom is 0.327 e. The Hall–Kier alpha value is -2.93. The molecule has 1 saturated heterocycles. The van der Waals surface area contributed by atoms with Crippen molar-refractivity contribution in [2.24, 2.45) is 0 Å². The fraction of sp³-hybridized carbons (Fsp3) is 0.440. The van der Waals surface area contributed by atoms with Crippen molar-refractivity contribution in [3.63, 3.8) is 0 Å². The van der Waals surface area contributed by atoms with Gasteiger partial charge in [-0.3, -0.25) is 9.69 Å². The fourth-order valence-corrected chi connectivity index (χ4v) is 4.24. The molecule has 0 spiro atoms. The van der Waals surface area contributed by atoms with Gasteiger partial charge in [0.05, 0.1) is 12.8 Å². The van der Waals surface area contributed by atoms with Crippen LogP contribution in [-0.2, 0) is 14.3 Å². The lowest BCUT2D eigenvalue weighted by atomic mass is 10.0. The molecule has 1 amide bonds. The van der Waals surface area contributed by atoms with Crippen LogP contribution in [0.5, 0.6) is 0 Å². The highest BCUT2D eigenvalue weighted by Crippen LogP contribution is 2.29. The normalized spacial score (nSPS) is 15.3. The van der Waals surface area contributed by atoms with Gasteiger partial charge in [-0.15, -0.1) is 0 Å². The zero-order valence-electron chi connectivity index (χ0n) is 19.1. The van der Waals surface area contributed by atoms with E-state index >= 15 is 4.39 Å². The molecule has 2 aromatic carbocycles. The molecular formula is C25H32FN3O3. The van der Waals surface area contributed by atoms with Crippen LogP contribution in [0, 0.1) is 5.82 Å². The Morgan fingerprint density at radius 3 is 2.31 bits per heavy atom. The van der Waals surface area contributed by atoms with Crippen molar-refractivity contribution < 1.29 is 18.7 Å². The summed E-state index contributed by atoms with van der Waals surface area (Å²) in [4.78, 5) is 30.5. The Bertz CT molecular complexity index is 914. The molecule has 7 heteroatoms. The number of amides is 1. The third kappa shape index (κ3) is 5.27. The highest BCUT2D eigenvalue weighted by molar-refractivity contribution is 5.93. The number of esters is 1. The molecular weight excluding hydrogens is 409 g/mol. The van der Waals surface area contributed by atoms with E-state index in [1.807, 2.05) is 55.1 Å². The minimum Gasteiger partial charge on any atom is -0.468 e. The monoisotopic (exact) mass is 441 g/mol. The molecule has 0 saturated carbocycles. The number of ether oxygens (including phenoxy) is 1. The van der Waals surface area contributed by atoms with Crippen molar-refractivity contribution in [1.82, 2.24) is 4.90 Å². The number of methoxy groups -OCH3 is 1. The molecule has 1 unspecified atom stereocenters. The maximum absolute atomic E-state index is 15.0. The Kier molecular flexibility index (Phi) is 8.22. The molecule has 3 rings (SSSR count). The van der Waals surface area contributed by atoms with Crippen LogP contribution in [0.2, 0.25) is 0 Å². The van der Waals surface area contributed by atoms with E-state index in [0.717, 1.165) is 12.0 Å². The van der Waals surface area contributed by atoms with Gasteiger partial charge in [-0.25, -0.2) is 9.18 Å². The van der Waals surface area contributed by atoms with Gasteiger partial charge in [-0.05, 0) is 37.1 Å². The zero-order valence-corrected chi connectivity index (χ0v) is 19.1. The summed E-state index contributed by atoms with van der Waals surface area (Å²) in [7, 11) is 1.40. The number of benzene rings is 2. The van der Waals surface area contributed by atoms with Crippen LogP contribution < -0.4 is 9.80 Å². The van der Waals surface area contributed by atoms with Crippen LogP contribution in [0.4, 0.5) is 15.8 Å². The number of piperazine rings is 1. The second-order valence-electron chi connectivity index (χ2n) is 7.88. The molecule has 172 valence electrons. The summed E-state index contributed by atoms with van der Waals surface area (Å²) < 4.78 is 20.1. The second kappa shape index (κ2) is 11.1. The predicted molar refractivity (Wildman–Crippen MR) is 124 cm³/mol. The molecule has 1 aliphatic heterocycles. The van der Waals surface area contributed by atoms with Crippen molar-refractivity contribution in [1.29, 1.82) is 0 Å². The lowest BCUT2D eigenvalue weighted by molar-refractivity contribution is -0.147. The highest BCUT2D eigenvalue weighted by Gasteiger charge is 2.31. The van der Waals surface area contributed by atoms with Crippen molar-refractivity contribution in [2.45, 2.75) is 32.7 Å². The molecule has 2 aromatic rings. The summed E-state index contributed by atoms with van der Waals surface area (Å²) in [6, 6.07) is 14.1. The van der Waals surface area contributed by atoms with Crippen LogP contribution in [0.25, 0.3) is 0 Å². The SMILES string of the molecule is CCCC(=O)N(CC)c1ccc(N2CCN(C(C(=O)OC)c3ccccc3)CC2)c(F)c1. The molecule has 1 atom stereocenters. The number of halogens is 1. The maximum atomic E-state index is 15.0. The van der Waals surface area contributed by atoms with E-state index in [0.29, 0.717) is 50.5 Å². The van der Waals surface area contributed by atoms with Gasteiger partial charge >= 0.3 is 5.97 Å². The van der Waals surface area contributed by atoms with Crippen LogP contribution in [0.3, 0.4) is 0 Å². The summed E-state index contributed by atoms with van der Waals surface area (Å²) in [5.41, 5.74) is 1.99. The number of hydrogen-bond donors (Lipinski definition) is 0. The van der Waals surface area contributed by atoms with E-state index < -0.39 is 6.04 Å². The van der Waals surface area contributed by atoms with Crippen LogP contribution in [-0.4, -0.2) is 56.6 Å². The third-order valence-electron chi connectivity index (χ3n) is 5.88. The minimum atomic E-state index is -0.474. The van der Waals surface area contributed by atoms with Gasteiger partial charge in [0.25, 0.3) is 0 Å². The number of carbonyl (C=O) groups excluding carboxylic acids is 2. The molecule has 0 aliphatic carbocycles. The smallest absolute Gasteiger partial charge is 0.327 e. The Labute approximate surface area is 189 Å². The van der Waals surface area contributed by atoms with Gasteiger partial charge in [0.1, 0.15) is 11.9 Å². The van der Waals surface area contributed by atoms with Crippen LogP contribution >= 0.6 is 0 Å². The summed E-state index contributed by atoms with van der Waals surface area (Å²) in [6.07, 6.45) is 1.21. The lowest BCUT2D eigenvalue weighted by Crippen LogP contribution is -2.49. The van der Waals surface area contributed by atoms with Gasteiger partial charge in [-0.1, -0.05) is 37.3 Å². The van der Waals surface area contributed by atoms with Gasteiger partial charge in [0.15, 0.2) is 0 Å². The molecule has 0 bridgehead atoms. The number of hydrogen-bond acceptors (Lipinski definition) is 5. The van der Waals surface area contributed by atoms with Crippen molar-refractivity contribution in [3.8, 4) is 0 Å². The second-order valence-corrected chi connectivity index (χ2v) is 7.88. The average Bonchev–Trinajstić information content (AvgIpc) is 2.81. The van der Waals surface area contributed by atoms with Gasteiger partial charge in [-0.2, -0.15) is 0 Å². The van der Waals surface area contributed by atoms with Gasteiger partial charge < -0.3 is 14.5 Å². The minimum absolute atomic E-state index is 0.00512. The fourth-order valence-electron chi connectivity index (χ4n) is 4.24. The van der Waals surface area contributed by atoms with Crippen molar-refractivity contribution >= 4 is 23.3 Å². The molecule has 0 radical (unpaired) electrons. The summed E-state index contributed by atoms with van der Waals surface area (Å²) in [5, 5.41) is 0. The summed E-state index contributed by atoms with van der Waals surface area (Å²) in [6.45, 7) is 6.73. The molecule has 6 nitrogen and oxygen atoms in total. The number of rotatable bonds is 8. The van der Waals surface area contributed by atoms with Crippen molar-refractivity contribution in [3.05, 3.63) is 59.9 Å². The first-order valence-corrected chi connectivity index (χ1v) is 11.2. The quantitative estimate of drug-likeness (QED) is 0.580. The number of anilines is 2. The first-order chi connectivity index (χ1) is 15.5. The molecule has 1 fully saturated rings. The van der Waals surface area contributed by atoms with Gasteiger partial charge in [0, 0.05) is 44.8 Å². The Morgan fingerprint density at radius 2 is 1.75 bits per heavy atom. The van der Waals surface area contributed by atoms with E-state index in [4.69, 9.17) is 4.74 Å². The Balaban J connectivity index is 1.72. The van der Waals surface area contributed by atoms with Crippen LogP contribution in [0.1, 0.15) is 38.3 Å². The van der Waals surface area contributed by atoms with Crippen LogP contribution in [0.15, 0.2) is 48.5 Å². The zero-order chi connectivity index (χ0) is 23.1. The first kappa shape index (κ1) is 23.7. The van der Waals surface area contributed by atoms with E-state index in [2.05, 4.69) is 4.90 Å². The third-order valence-corrected chi connectivity index (χ3v) is 5.88. The Morgan fingerprint density at radius 1 is 1.06 bits per heavy atom. The number of carbonyl (C=O) groups is 2. The first-order valence-electron chi connectivity index (χ1n) is 11.2. The topological polar surface area (TPSA) is 53.1 Å². The van der Waals surface area contributed by atoms with Gasteiger partial charge in [0.2, 0.25) is 5.91 Å². The van der Waals surface area contributed by atoms with E-state index in [1.165, 1.54) is 13.2 Å². The van der Waals surface area contributed by atoms with E-state index in [9.17, 15) is 9.59 Å². The molecule has 1 heterocycles. The molecule has 0 aromatic heterocycles. The van der Waals surface area contributed by atoms with E-state index in [-0.39, 0.29) is 17.7 Å². The summed E-state index contributed by atoms with van der Waals surface area (Å²) in [5.74, 6) is -0.631. The van der Waals surface area contributed by atoms with E-state index in [1.54, 1.807) is 11.0 Å². The largest absolute Gasteiger partial charge is 0.468 e.